The number of nitrogens with two attached hydrogens (primary N) is 1. The molecule has 1 fully saturated rings. The smallest absolute Gasteiger partial charge is 0.398 e. The van der Waals surface area contributed by atoms with Crippen LogP contribution in [0.4, 0.5) is 18.9 Å². The summed E-state index contributed by atoms with van der Waals surface area (Å²) in [5.74, 6) is 0. The summed E-state index contributed by atoms with van der Waals surface area (Å²) in [5, 5.41) is 0.549. The quantitative estimate of drug-likeness (QED) is 0.699. The first-order valence-corrected chi connectivity index (χ1v) is 7.62. The summed E-state index contributed by atoms with van der Waals surface area (Å²) < 4.78 is 37.4. The van der Waals surface area contributed by atoms with E-state index in [1.54, 1.807) is 12.1 Å². The molecule has 1 aliphatic carbocycles. The van der Waals surface area contributed by atoms with Gasteiger partial charge in [0.1, 0.15) is 5.69 Å². The van der Waals surface area contributed by atoms with Crippen molar-refractivity contribution >= 4 is 16.6 Å². The lowest BCUT2D eigenvalue weighted by molar-refractivity contribution is -0.140. The number of nitrogens with zero attached hydrogens (tertiary/aromatic N) is 1. The standard InChI is InChI=1S/C11H9F3N2.C6H12/c1-6-2-3-9-7(4-6)8(15)5-10(16-9)11(12,13)14;1-2-4-6-5-3-1/h2-5H,1H3,(H2,15,16);1-6H2. The second kappa shape index (κ2) is 6.99. The molecule has 1 aromatic carbocycles. The van der Waals surface area contributed by atoms with Crippen LogP contribution < -0.4 is 5.73 Å². The number of hydrogen-bond acceptors (Lipinski definition) is 2. The summed E-state index contributed by atoms with van der Waals surface area (Å²) in [6.07, 6.45) is 4.53. The van der Waals surface area contributed by atoms with Crippen molar-refractivity contribution in [1.29, 1.82) is 0 Å². The van der Waals surface area contributed by atoms with Gasteiger partial charge in [0.05, 0.1) is 5.52 Å². The molecule has 2 nitrogen and oxygen atoms in total. The lowest BCUT2D eigenvalue weighted by Crippen LogP contribution is -2.09. The maximum Gasteiger partial charge on any atom is 0.433 e. The van der Waals surface area contributed by atoms with E-state index in [1.807, 2.05) is 6.92 Å². The average Bonchev–Trinajstić information content (AvgIpc) is 2.49. The van der Waals surface area contributed by atoms with E-state index in [4.69, 9.17) is 5.73 Å². The van der Waals surface area contributed by atoms with Crippen LogP contribution in [0, 0.1) is 6.92 Å². The Hall–Kier alpha value is -1.78. The summed E-state index contributed by atoms with van der Waals surface area (Å²) in [5.41, 5.74) is 5.92. The molecule has 0 amide bonds. The van der Waals surface area contributed by atoms with E-state index < -0.39 is 11.9 Å². The van der Waals surface area contributed by atoms with Crippen molar-refractivity contribution in [3.05, 3.63) is 35.5 Å². The van der Waals surface area contributed by atoms with Crippen molar-refractivity contribution in [3.63, 3.8) is 0 Å². The molecule has 0 saturated heterocycles. The summed E-state index contributed by atoms with van der Waals surface area (Å²) in [6, 6.07) is 5.82. The Morgan fingerprint density at radius 2 is 1.50 bits per heavy atom. The van der Waals surface area contributed by atoms with E-state index in [9.17, 15) is 13.2 Å². The molecule has 0 bridgehead atoms. The molecule has 22 heavy (non-hydrogen) atoms. The summed E-state index contributed by atoms with van der Waals surface area (Å²) >= 11 is 0. The Morgan fingerprint density at radius 1 is 0.955 bits per heavy atom. The van der Waals surface area contributed by atoms with Crippen LogP contribution in [0.15, 0.2) is 24.3 Å². The van der Waals surface area contributed by atoms with Crippen molar-refractivity contribution in [3.8, 4) is 0 Å². The number of nitrogen functional groups attached to an aromatic ring is 1. The van der Waals surface area contributed by atoms with Crippen LogP contribution >= 0.6 is 0 Å². The number of fused-ring (bicyclic) bond motifs is 1. The highest BCUT2D eigenvalue weighted by atomic mass is 19.4. The Labute approximate surface area is 128 Å². The lowest BCUT2D eigenvalue weighted by Gasteiger charge is -2.09. The predicted molar refractivity (Wildman–Crippen MR) is 83.6 cm³/mol. The second-order valence-corrected chi connectivity index (χ2v) is 5.74. The molecule has 120 valence electrons. The summed E-state index contributed by atoms with van der Waals surface area (Å²) in [6.45, 7) is 1.84. The number of aromatic nitrogens is 1. The van der Waals surface area contributed by atoms with Gasteiger partial charge in [-0.1, -0.05) is 50.2 Å². The maximum atomic E-state index is 12.5. The predicted octanol–water partition coefficient (Wildman–Crippen LogP) is 5.48. The highest BCUT2D eigenvalue weighted by Crippen LogP contribution is 2.32. The Kier molecular flexibility index (Phi) is 5.27. The largest absolute Gasteiger partial charge is 0.433 e. The number of alkyl halides is 3. The zero-order chi connectivity index (χ0) is 16.2. The minimum atomic E-state index is -4.47. The third-order valence-electron chi connectivity index (χ3n) is 3.79. The molecule has 2 N–H and O–H groups in total. The molecule has 0 radical (unpaired) electrons. The number of hydrogen-bond donors (Lipinski definition) is 1. The number of pyridine rings is 1. The summed E-state index contributed by atoms with van der Waals surface area (Å²) in [7, 11) is 0. The summed E-state index contributed by atoms with van der Waals surface area (Å²) in [4.78, 5) is 3.54. The van der Waals surface area contributed by atoms with E-state index in [1.165, 1.54) is 44.6 Å². The molecular weight excluding hydrogens is 289 g/mol. The normalized spacial score (nSPS) is 15.3. The van der Waals surface area contributed by atoms with Crippen LogP contribution in [0.25, 0.3) is 10.9 Å². The van der Waals surface area contributed by atoms with E-state index in [2.05, 4.69) is 4.98 Å². The SMILES string of the molecule is C1CCCCC1.Cc1ccc2nc(C(F)(F)F)cc(N)c2c1. The molecule has 0 unspecified atom stereocenters. The molecule has 0 aliphatic heterocycles. The third-order valence-corrected chi connectivity index (χ3v) is 3.79. The van der Waals surface area contributed by atoms with Crippen LogP contribution in [-0.4, -0.2) is 4.98 Å². The first-order chi connectivity index (χ1) is 10.4. The molecule has 0 spiro atoms. The molecule has 2 aromatic rings. The van der Waals surface area contributed by atoms with Crippen molar-refractivity contribution in [2.75, 3.05) is 5.73 Å². The van der Waals surface area contributed by atoms with Crippen LogP contribution in [0.5, 0.6) is 0 Å². The average molecular weight is 310 g/mol. The van der Waals surface area contributed by atoms with Gasteiger partial charge in [0, 0.05) is 11.1 Å². The van der Waals surface area contributed by atoms with Crippen molar-refractivity contribution in [2.24, 2.45) is 0 Å². The van der Waals surface area contributed by atoms with Crippen LogP contribution in [0.3, 0.4) is 0 Å². The van der Waals surface area contributed by atoms with Gasteiger partial charge in [-0.3, -0.25) is 0 Å². The fourth-order valence-corrected chi connectivity index (χ4v) is 2.57. The van der Waals surface area contributed by atoms with Gasteiger partial charge in [0.15, 0.2) is 0 Å². The minimum absolute atomic E-state index is 0.0982. The minimum Gasteiger partial charge on any atom is -0.398 e. The molecule has 1 aliphatic rings. The van der Waals surface area contributed by atoms with Crippen LogP contribution in [-0.2, 0) is 6.18 Å². The first-order valence-electron chi connectivity index (χ1n) is 7.62. The topological polar surface area (TPSA) is 38.9 Å². The first kappa shape index (κ1) is 16.6. The van der Waals surface area contributed by atoms with Crippen LogP contribution in [0.2, 0.25) is 0 Å². The van der Waals surface area contributed by atoms with Gasteiger partial charge in [-0.05, 0) is 25.1 Å². The van der Waals surface area contributed by atoms with Gasteiger partial charge in [-0.25, -0.2) is 4.98 Å². The number of aryl methyl sites for hydroxylation is 1. The van der Waals surface area contributed by atoms with E-state index in [0.29, 0.717) is 5.39 Å². The molecule has 3 rings (SSSR count). The highest BCUT2D eigenvalue weighted by Gasteiger charge is 2.33. The second-order valence-electron chi connectivity index (χ2n) is 5.74. The molecular formula is C17H21F3N2. The molecule has 1 heterocycles. The van der Waals surface area contributed by atoms with E-state index in [-0.39, 0.29) is 11.2 Å². The van der Waals surface area contributed by atoms with Gasteiger partial charge in [-0.15, -0.1) is 0 Å². The van der Waals surface area contributed by atoms with Crippen LogP contribution in [0.1, 0.15) is 49.8 Å². The fraction of sp³-hybridized carbons (Fsp3) is 0.471. The third kappa shape index (κ3) is 4.36. The number of anilines is 1. The lowest BCUT2D eigenvalue weighted by atomic mass is 10.0. The Bertz CT molecular complexity index is 620. The Balaban J connectivity index is 0.000000246. The molecule has 1 saturated carbocycles. The highest BCUT2D eigenvalue weighted by molar-refractivity contribution is 5.90. The number of benzene rings is 1. The zero-order valence-electron chi connectivity index (χ0n) is 12.7. The molecule has 0 atom stereocenters. The van der Waals surface area contributed by atoms with Gasteiger partial charge in [0.2, 0.25) is 0 Å². The van der Waals surface area contributed by atoms with Crippen molar-refractivity contribution < 1.29 is 13.2 Å². The molecule has 1 aromatic heterocycles. The fourth-order valence-electron chi connectivity index (χ4n) is 2.57. The van der Waals surface area contributed by atoms with E-state index in [0.717, 1.165) is 11.6 Å². The monoisotopic (exact) mass is 310 g/mol. The van der Waals surface area contributed by atoms with Gasteiger partial charge in [-0.2, -0.15) is 13.2 Å². The molecule has 5 heteroatoms. The van der Waals surface area contributed by atoms with Crippen molar-refractivity contribution in [2.45, 2.75) is 51.6 Å². The zero-order valence-corrected chi connectivity index (χ0v) is 12.7. The van der Waals surface area contributed by atoms with Gasteiger partial charge >= 0.3 is 6.18 Å². The maximum absolute atomic E-state index is 12.5. The number of rotatable bonds is 0. The van der Waals surface area contributed by atoms with E-state index >= 15 is 0 Å². The Morgan fingerprint density at radius 3 is 2.00 bits per heavy atom. The van der Waals surface area contributed by atoms with Crippen molar-refractivity contribution in [1.82, 2.24) is 4.98 Å². The van der Waals surface area contributed by atoms with Gasteiger partial charge < -0.3 is 5.73 Å². The van der Waals surface area contributed by atoms with Gasteiger partial charge in [0.25, 0.3) is 0 Å². The number of halogens is 3.